The quantitative estimate of drug-likeness (QED) is 0.692. The van der Waals surface area contributed by atoms with Crippen molar-refractivity contribution in [1.29, 1.82) is 0 Å². The lowest BCUT2D eigenvalue weighted by atomic mass is 10.0. The van der Waals surface area contributed by atoms with Crippen molar-refractivity contribution in [2.45, 2.75) is 43.4 Å². The van der Waals surface area contributed by atoms with Crippen molar-refractivity contribution in [3.8, 4) is 11.1 Å². The van der Waals surface area contributed by atoms with E-state index in [-0.39, 0.29) is 17.2 Å². The van der Waals surface area contributed by atoms with Crippen LogP contribution < -0.4 is 4.72 Å². The summed E-state index contributed by atoms with van der Waals surface area (Å²) in [6, 6.07) is 8.56. The van der Waals surface area contributed by atoms with Crippen LogP contribution in [0.5, 0.6) is 0 Å². The first-order valence-corrected chi connectivity index (χ1v) is 10.7. The molecule has 1 fully saturated rings. The van der Waals surface area contributed by atoms with Crippen LogP contribution in [0.15, 0.2) is 53.4 Å². The van der Waals surface area contributed by atoms with Crippen molar-refractivity contribution in [2.24, 2.45) is 5.92 Å². The number of hydrogen-bond acceptors (Lipinski definition) is 4. The Labute approximate surface area is 172 Å². The van der Waals surface area contributed by atoms with Gasteiger partial charge in [-0.05, 0) is 47.7 Å². The van der Waals surface area contributed by atoms with E-state index in [0.29, 0.717) is 16.2 Å². The van der Waals surface area contributed by atoms with Crippen LogP contribution in [0.25, 0.3) is 11.1 Å². The second kappa shape index (κ2) is 8.01. The highest BCUT2D eigenvalue weighted by atomic mass is 32.2. The number of halogens is 3. The molecule has 10 heteroatoms. The second-order valence-corrected chi connectivity index (χ2v) is 9.22. The van der Waals surface area contributed by atoms with E-state index < -0.39 is 39.8 Å². The maximum absolute atomic E-state index is 12.7. The highest BCUT2D eigenvalue weighted by Crippen LogP contribution is 2.31. The van der Waals surface area contributed by atoms with Gasteiger partial charge in [-0.1, -0.05) is 38.1 Å². The molecule has 1 aliphatic rings. The normalized spacial score (nSPS) is 20.2. The van der Waals surface area contributed by atoms with Crippen LogP contribution in [0.2, 0.25) is 0 Å². The van der Waals surface area contributed by atoms with Gasteiger partial charge in [0.05, 0.1) is 16.5 Å². The number of nitrogens with zero attached hydrogens (tertiary/aromatic N) is 1. The van der Waals surface area contributed by atoms with E-state index in [4.69, 9.17) is 0 Å². The Balaban J connectivity index is 1.76. The van der Waals surface area contributed by atoms with Crippen LogP contribution in [0.1, 0.15) is 25.8 Å². The molecular weight excluding hydrogens is 421 g/mol. The lowest BCUT2D eigenvalue weighted by molar-refractivity contribution is -0.169. The summed E-state index contributed by atoms with van der Waals surface area (Å²) in [4.78, 5) is 12.0. The largest absolute Gasteiger partial charge is 0.416 e. The van der Waals surface area contributed by atoms with Crippen LogP contribution in [-0.2, 0) is 21.0 Å². The zero-order chi connectivity index (χ0) is 22.3. The Morgan fingerprint density at radius 3 is 1.97 bits per heavy atom. The number of alkyl halides is 3. The predicted octanol–water partition coefficient (Wildman–Crippen LogP) is 3.67. The smallest absolute Gasteiger partial charge is 0.286 e. The van der Waals surface area contributed by atoms with Crippen LogP contribution in [0, 0.1) is 5.92 Å². The van der Waals surface area contributed by atoms with E-state index in [0.717, 1.165) is 12.1 Å². The summed E-state index contributed by atoms with van der Waals surface area (Å²) in [6.07, 6.45) is -4.28. The fraction of sp³-hybridized carbons (Fsp3) is 0.350. The van der Waals surface area contributed by atoms with E-state index in [1.807, 2.05) is 13.8 Å². The third-order valence-electron chi connectivity index (χ3n) is 5.09. The zero-order valence-electron chi connectivity index (χ0n) is 16.2. The highest BCUT2D eigenvalue weighted by Gasteiger charge is 2.42. The Kier molecular flexibility index (Phi) is 5.94. The van der Waals surface area contributed by atoms with Gasteiger partial charge in [-0.15, -0.1) is 0 Å². The average Bonchev–Trinajstić information content (AvgIpc) is 2.96. The molecule has 0 aliphatic carbocycles. The molecule has 30 heavy (non-hydrogen) atoms. The maximum atomic E-state index is 12.7. The minimum absolute atomic E-state index is 0.0449. The third-order valence-corrected chi connectivity index (χ3v) is 6.58. The van der Waals surface area contributed by atoms with Gasteiger partial charge in [0.2, 0.25) is 10.0 Å². The van der Waals surface area contributed by atoms with Crippen molar-refractivity contribution in [3.63, 3.8) is 0 Å². The number of carbonyl (C=O) groups is 1. The Morgan fingerprint density at radius 1 is 1.03 bits per heavy atom. The summed E-state index contributed by atoms with van der Waals surface area (Å²) < 4.78 is 65.6. The zero-order valence-corrected chi connectivity index (χ0v) is 17.0. The second-order valence-electron chi connectivity index (χ2n) is 7.50. The fourth-order valence-corrected chi connectivity index (χ4v) is 4.55. The van der Waals surface area contributed by atoms with Gasteiger partial charge in [0.1, 0.15) is 6.04 Å². The minimum atomic E-state index is -4.43. The van der Waals surface area contributed by atoms with E-state index in [1.54, 1.807) is 0 Å². The van der Waals surface area contributed by atoms with E-state index in [2.05, 4.69) is 4.72 Å². The summed E-state index contributed by atoms with van der Waals surface area (Å²) >= 11 is 0. The first-order chi connectivity index (χ1) is 13.9. The first-order valence-electron chi connectivity index (χ1n) is 9.22. The van der Waals surface area contributed by atoms with Gasteiger partial charge in [-0.2, -0.15) is 17.9 Å². The summed E-state index contributed by atoms with van der Waals surface area (Å²) in [5.74, 6) is -0.755. The van der Waals surface area contributed by atoms with Gasteiger partial charge in [-0.3, -0.25) is 10.0 Å². The van der Waals surface area contributed by atoms with Crippen molar-refractivity contribution in [1.82, 2.24) is 9.79 Å². The molecule has 2 aromatic rings. The molecule has 2 atom stereocenters. The number of benzene rings is 2. The summed E-state index contributed by atoms with van der Waals surface area (Å²) in [7, 11) is -4.03. The van der Waals surface area contributed by atoms with Crippen molar-refractivity contribution < 1.29 is 31.6 Å². The molecule has 0 saturated carbocycles. The molecule has 1 unspecified atom stereocenters. The van der Waals surface area contributed by atoms with Crippen LogP contribution in [0.4, 0.5) is 13.2 Å². The highest BCUT2D eigenvalue weighted by molar-refractivity contribution is 7.89. The molecule has 3 rings (SSSR count). The van der Waals surface area contributed by atoms with Crippen LogP contribution in [0.3, 0.4) is 0 Å². The van der Waals surface area contributed by atoms with Gasteiger partial charge in [0.25, 0.3) is 5.91 Å². The van der Waals surface area contributed by atoms with Gasteiger partial charge in [-0.25, -0.2) is 13.5 Å². The molecule has 0 spiro atoms. The molecule has 2 aromatic carbocycles. The number of hydrogen-bond donors (Lipinski definition) is 2. The lowest BCUT2D eigenvalue weighted by Crippen LogP contribution is -2.41. The maximum Gasteiger partial charge on any atom is 0.416 e. The molecule has 2 N–H and O–H groups in total. The molecule has 0 bridgehead atoms. The predicted molar refractivity (Wildman–Crippen MR) is 103 cm³/mol. The lowest BCUT2D eigenvalue weighted by Gasteiger charge is -2.20. The Bertz CT molecular complexity index is 1020. The van der Waals surface area contributed by atoms with Gasteiger partial charge < -0.3 is 0 Å². The van der Waals surface area contributed by atoms with E-state index in [9.17, 15) is 31.6 Å². The SMILES string of the molecule is CC(C)[C@H]1CC(NS(=O)(=O)c2ccc(-c3ccc(C(F)(F)F)cc3)cc2)C(=O)N1O. The topological polar surface area (TPSA) is 86.7 Å². The summed E-state index contributed by atoms with van der Waals surface area (Å²) in [5, 5.41) is 10.5. The van der Waals surface area contributed by atoms with Crippen molar-refractivity contribution in [3.05, 3.63) is 54.1 Å². The number of hydroxylamine groups is 2. The summed E-state index contributed by atoms with van der Waals surface area (Å²) in [5.41, 5.74) is 0.274. The monoisotopic (exact) mass is 442 g/mol. The molecule has 1 saturated heterocycles. The van der Waals surface area contributed by atoms with Crippen molar-refractivity contribution >= 4 is 15.9 Å². The van der Waals surface area contributed by atoms with Gasteiger partial charge in [0.15, 0.2) is 0 Å². The Morgan fingerprint density at radius 2 is 1.53 bits per heavy atom. The van der Waals surface area contributed by atoms with E-state index in [1.165, 1.54) is 36.4 Å². The molecule has 0 aromatic heterocycles. The van der Waals surface area contributed by atoms with E-state index >= 15 is 0 Å². The molecule has 1 heterocycles. The van der Waals surface area contributed by atoms with Crippen molar-refractivity contribution in [2.75, 3.05) is 0 Å². The fourth-order valence-electron chi connectivity index (χ4n) is 3.35. The number of carbonyl (C=O) groups excluding carboxylic acids is 1. The Hall–Kier alpha value is -2.43. The standard InChI is InChI=1S/C20H21F3N2O4S/c1-12(2)18-11-17(19(26)25(18)27)24-30(28,29)16-9-5-14(6-10-16)13-3-7-15(8-4-13)20(21,22)23/h3-10,12,17-18,24,27H,11H2,1-2H3/t17?,18-/m1/s1. The van der Waals surface area contributed by atoms with Gasteiger partial charge in [0, 0.05) is 0 Å². The first kappa shape index (κ1) is 22.3. The third kappa shape index (κ3) is 4.50. The number of amides is 1. The van der Waals surface area contributed by atoms with Crippen LogP contribution >= 0.6 is 0 Å². The molecule has 162 valence electrons. The molecule has 6 nitrogen and oxygen atoms in total. The van der Waals surface area contributed by atoms with Crippen LogP contribution in [-0.4, -0.2) is 36.7 Å². The molecule has 0 radical (unpaired) electrons. The number of nitrogens with one attached hydrogen (secondary N) is 1. The molecule has 1 amide bonds. The van der Waals surface area contributed by atoms with Gasteiger partial charge >= 0.3 is 6.18 Å². The molecule has 1 aliphatic heterocycles. The number of sulfonamides is 1. The summed E-state index contributed by atoms with van der Waals surface area (Å²) in [6.45, 7) is 3.63. The molecular formula is C20H21F3N2O4S. The minimum Gasteiger partial charge on any atom is -0.286 e. The average molecular weight is 442 g/mol. The number of rotatable bonds is 5.